The maximum Gasteiger partial charge on any atom is 0.417 e. The van der Waals surface area contributed by atoms with Crippen molar-refractivity contribution in [1.29, 1.82) is 0 Å². The first-order chi connectivity index (χ1) is 14.0. The first-order valence-electron chi connectivity index (χ1n) is 9.66. The molecule has 2 heterocycles. The van der Waals surface area contributed by atoms with Crippen LogP contribution in [0.1, 0.15) is 37.7 Å². The summed E-state index contributed by atoms with van der Waals surface area (Å²) < 4.78 is 41.0. The van der Waals surface area contributed by atoms with E-state index in [0.717, 1.165) is 12.6 Å². The SMILES string of the molecule is FC(F)(F)c1cc(-c2nnn[nH]2)ccc1-c1ccc(NCC2CCCCC2)nc1. The summed E-state index contributed by atoms with van der Waals surface area (Å²) in [7, 11) is 0. The summed E-state index contributed by atoms with van der Waals surface area (Å²) >= 11 is 0. The molecule has 0 atom stereocenters. The van der Waals surface area contributed by atoms with E-state index in [1.54, 1.807) is 18.2 Å². The number of halogens is 3. The molecule has 0 radical (unpaired) electrons. The summed E-state index contributed by atoms with van der Waals surface area (Å²) in [6, 6.07) is 7.42. The number of alkyl halides is 3. The number of hydrogen-bond donors (Lipinski definition) is 2. The Hall–Kier alpha value is -2.97. The average molecular weight is 402 g/mol. The Balaban J connectivity index is 1.55. The lowest BCUT2D eigenvalue weighted by Gasteiger charge is -2.22. The first kappa shape index (κ1) is 19.4. The summed E-state index contributed by atoms with van der Waals surface area (Å²) in [5, 5.41) is 16.3. The van der Waals surface area contributed by atoms with Crippen LogP contribution in [0, 0.1) is 5.92 Å². The van der Waals surface area contributed by atoms with E-state index in [2.05, 4.69) is 30.9 Å². The van der Waals surface area contributed by atoms with Gasteiger partial charge in [-0.25, -0.2) is 10.1 Å². The Bertz CT molecular complexity index is 932. The second-order valence-electron chi connectivity index (χ2n) is 7.33. The van der Waals surface area contributed by atoms with Gasteiger partial charge in [-0.3, -0.25) is 0 Å². The lowest BCUT2D eigenvalue weighted by Crippen LogP contribution is -2.17. The molecule has 1 fully saturated rings. The highest BCUT2D eigenvalue weighted by Gasteiger charge is 2.34. The van der Waals surface area contributed by atoms with Crippen LogP contribution in [0.25, 0.3) is 22.5 Å². The monoisotopic (exact) mass is 402 g/mol. The van der Waals surface area contributed by atoms with E-state index in [4.69, 9.17) is 0 Å². The number of rotatable bonds is 5. The summed E-state index contributed by atoms with van der Waals surface area (Å²) in [6.07, 6.45) is 3.22. The maximum atomic E-state index is 13.7. The zero-order chi connectivity index (χ0) is 20.3. The van der Waals surface area contributed by atoms with Gasteiger partial charge in [0.2, 0.25) is 0 Å². The Kier molecular flexibility index (Phi) is 5.46. The predicted molar refractivity (Wildman–Crippen MR) is 103 cm³/mol. The van der Waals surface area contributed by atoms with E-state index in [1.165, 1.54) is 44.4 Å². The maximum absolute atomic E-state index is 13.7. The Morgan fingerprint density at radius 2 is 1.83 bits per heavy atom. The molecule has 0 unspecified atom stereocenters. The number of hydrogen-bond acceptors (Lipinski definition) is 5. The van der Waals surface area contributed by atoms with Crippen molar-refractivity contribution in [3.8, 4) is 22.5 Å². The number of aromatic nitrogens is 5. The number of nitrogens with one attached hydrogen (secondary N) is 2. The van der Waals surface area contributed by atoms with Crippen LogP contribution in [0.3, 0.4) is 0 Å². The molecule has 0 spiro atoms. The number of anilines is 1. The summed E-state index contributed by atoms with van der Waals surface area (Å²) in [4.78, 5) is 4.32. The van der Waals surface area contributed by atoms with Crippen LogP contribution in [0.2, 0.25) is 0 Å². The molecular formula is C20H21F3N6. The molecule has 0 aliphatic heterocycles. The molecule has 4 rings (SSSR count). The van der Waals surface area contributed by atoms with Crippen LogP contribution in [0.5, 0.6) is 0 Å². The van der Waals surface area contributed by atoms with Gasteiger partial charge >= 0.3 is 6.18 Å². The number of benzene rings is 1. The lowest BCUT2D eigenvalue weighted by atomic mass is 9.89. The Labute approximate surface area is 165 Å². The van der Waals surface area contributed by atoms with E-state index in [1.807, 2.05) is 0 Å². The number of tetrazole rings is 1. The number of aromatic amines is 1. The van der Waals surface area contributed by atoms with Crippen molar-refractivity contribution in [2.75, 3.05) is 11.9 Å². The van der Waals surface area contributed by atoms with Gasteiger partial charge in [0.05, 0.1) is 5.56 Å². The van der Waals surface area contributed by atoms with Gasteiger partial charge in [-0.2, -0.15) is 13.2 Å². The molecular weight excluding hydrogens is 381 g/mol. The van der Waals surface area contributed by atoms with Gasteiger partial charge in [0.15, 0.2) is 5.82 Å². The van der Waals surface area contributed by atoms with E-state index >= 15 is 0 Å². The number of pyridine rings is 1. The molecule has 29 heavy (non-hydrogen) atoms. The third kappa shape index (κ3) is 4.55. The minimum Gasteiger partial charge on any atom is -0.370 e. The van der Waals surface area contributed by atoms with E-state index < -0.39 is 11.7 Å². The summed E-state index contributed by atoms with van der Waals surface area (Å²) in [6.45, 7) is 0.847. The van der Waals surface area contributed by atoms with Gasteiger partial charge in [0, 0.05) is 23.9 Å². The van der Waals surface area contributed by atoms with Crippen LogP contribution < -0.4 is 5.32 Å². The van der Waals surface area contributed by atoms with Gasteiger partial charge in [-0.15, -0.1) is 5.10 Å². The largest absolute Gasteiger partial charge is 0.417 e. The standard InChI is InChI=1S/C20H21F3N6/c21-20(22,23)17-10-14(19-26-28-29-27-19)6-8-16(17)15-7-9-18(25-12-15)24-11-13-4-2-1-3-5-13/h6-10,12-13H,1-5,11H2,(H,24,25)(H,26,27,28,29). The van der Waals surface area contributed by atoms with Crippen LogP contribution in [-0.4, -0.2) is 32.2 Å². The van der Waals surface area contributed by atoms with Crippen LogP contribution in [0.4, 0.5) is 19.0 Å². The van der Waals surface area contributed by atoms with Crippen molar-refractivity contribution >= 4 is 5.82 Å². The normalized spacial score (nSPS) is 15.4. The molecule has 1 saturated carbocycles. The minimum atomic E-state index is -4.52. The first-order valence-corrected chi connectivity index (χ1v) is 9.66. The fourth-order valence-electron chi connectivity index (χ4n) is 3.76. The lowest BCUT2D eigenvalue weighted by molar-refractivity contribution is -0.137. The van der Waals surface area contributed by atoms with Crippen LogP contribution in [0.15, 0.2) is 36.5 Å². The topological polar surface area (TPSA) is 79.4 Å². The van der Waals surface area contributed by atoms with Gasteiger partial charge in [-0.05, 0) is 52.9 Å². The second kappa shape index (κ2) is 8.18. The smallest absolute Gasteiger partial charge is 0.370 e. The molecule has 9 heteroatoms. The molecule has 0 saturated heterocycles. The number of H-pyrrole nitrogens is 1. The van der Waals surface area contributed by atoms with Crippen LogP contribution in [-0.2, 0) is 6.18 Å². The average Bonchev–Trinajstić information content (AvgIpc) is 3.27. The highest BCUT2D eigenvalue weighted by atomic mass is 19.4. The molecule has 0 amide bonds. The highest BCUT2D eigenvalue weighted by molar-refractivity contribution is 5.72. The van der Waals surface area contributed by atoms with Gasteiger partial charge < -0.3 is 5.32 Å². The highest BCUT2D eigenvalue weighted by Crippen LogP contribution is 2.39. The predicted octanol–water partition coefficient (Wildman–Crippen LogP) is 4.94. The van der Waals surface area contributed by atoms with Crippen molar-refractivity contribution < 1.29 is 13.2 Å². The zero-order valence-electron chi connectivity index (χ0n) is 15.7. The minimum absolute atomic E-state index is 0.0695. The Morgan fingerprint density at radius 1 is 1.03 bits per heavy atom. The molecule has 152 valence electrons. The van der Waals surface area contributed by atoms with Gasteiger partial charge in [-0.1, -0.05) is 31.4 Å². The molecule has 3 aromatic rings. The molecule has 2 N–H and O–H groups in total. The second-order valence-corrected chi connectivity index (χ2v) is 7.33. The molecule has 1 aromatic carbocycles. The third-order valence-corrected chi connectivity index (χ3v) is 5.31. The van der Waals surface area contributed by atoms with Crippen molar-refractivity contribution in [2.45, 2.75) is 38.3 Å². The summed E-state index contributed by atoms with van der Waals surface area (Å²) in [5.74, 6) is 1.50. The molecule has 2 aromatic heterocycles. The molecule has 6 nitrogen and oxygen atoms in total. The fourth-order valence-corrected chi connectivity index (χ4v) is 3.76. The Morgan fingerprint density at radius 3 is 2.48 bits per heavy atom. The third-order valence-electron chi connectivity index (χ3n) is 5.31. The van der Waals surface area contributed by atoms with Crippen molar-refractivity contribution in [2.24, 2.45) is 5.92 Å². The van der Waals surface area contributed by atoms with Crippen molar-refractivity contribution in [1.82, 2.24) is 25.6 Å². The molecule has 1 aliphatic rings. The summed E-state index contributed by atoms with van der Waals surface area (Å²) in [5.41, 5.74) is -0.0104. The van der Waals surface area contributed by atoms with Gasteiger partial charge in [0.25, 0.3) is 0 Å². The van der Waals surface area contributed by atoms with E-state index in [-0.39, 0.29) is 17.0 Å². The zero-order valence-corrected chi connectivity index (χ0v) is 15.7. The quantitative estimate of drug-likeness (QED) is 0.632. The van der Waals surface area contributed by atoms with E-state index in [9.17, 15) is 13.2 Å². The van der Waals surface area contributed by atoms with Crippen LogP contribution >= 0.6 is 0 Å². The van der Waals surface area contributed by atoms with Crippen molar-refractivity contribution in [3.05, 3.63) is 42.1 Å². The van der Waals surface area contributed by atoms with E-state index in [0.29, 0.717) is 17.3 Å². The number of nitrogens with zero attached hydrogens (tertiary/aromatic N) is 4. The fraction of sp³-hybridized carbons (Fsp3) is 0.400. The van der Waals surface area contributed by atoms with Crippen molar-refractivity contribution in [3.63, 3.8) is 0 Å². The molecule has 0 bridgehead atoms. The molecule has 1 aliphatic carbocycles. The van der Waals surface area contributed by atoms with Gasteiger partial charge in [0.1, 0.15) is 5.82 Å².